The van der Waals surface area contributed by atoms with Crippen molar-refractivity contribution in [1.82, 2.24) is 5.32 Å². The van der Waals surface area contributed by atoms with E-state index in [-0.39, 0.29) is 11.9 Å². The standard InChI is InChI=1S/C6H12N2O/c1-4-2-3-5(8-4)6(7)9/h4-5,8H,2-3H2,1H3,(H2,7,9). The molecule has 0 saturated carbocycles. The minimum Gasteiger partial charge on any atom is -0.368 e. The summed E-state index contributed by atoms with van der Waals surface area (Å²) in [5.41, 5.74) is 5.06. The molecule has 1 saturated heterocycles. The van der Waals surface area contributed by atoms with E-state index >= 15 is 0 Å². The van der Waals surface area contributed by atoms with Crippen LogP contribution in [0.15, 0.2) is 0 Å². The van der Waals surface area contributed by atoms with Gasteiger partial charge in [0, 0.05) is 6.04 Å². The molecule has 0 aromatic heterocycles. The fourth-order valence-electron chi connectivity index (χ4n) is 1.15. The average molecular weight is 128 g/mol. The van der Waals surface area contributed by atoms with Crippen molar-refractivity contribution in [2.45, 2.75) is 31.8 Å². The van der Waals surface area contributed by atoms with Gasteiger partial charge in [-0.05, 0) is 19.8 Å². The number of nitrogens with one attached hydrogen (secondary N) is 1. The first-order valence-corrected chi connectivity index (χ1v) is 3.25. The zero-order valence-corrected chi connectivity index (χ0v) is 5.55. The second kappa shape index (κ2) is 2.35. The van der Waals surface area contributed by atoms with Gasteiger partial charge in [-0.25, -0.2) is 0 Å². The fourth-order valence-corrected chi connectivity index (χ4v) is 1.15. The Hall–Kier alpha value is -0.570. The number of primary amides is 1. The van der Waals surface area contributed by atoms with E-state index < -0.39 is 0 Å². The lowest BCUT2D eigenvalue weighted by Gasteiger charge is -2.05. The molecule has 3 nitrogen and oxygen atoms in total. The minimum absolute atomic E-state index is 0.0694. The molecule has 1 rings (SSSR count). The molecule has 0 aromatic carbocycles. The van der Waals surface area contributed by atoms with Gasteiger partial charge in [-0.1, -0.05) is 0 Å². The minimum atomic E-state index is -0.223. The fraction of sp³-hybridized carbons (Fsp3) is 0.833. The second-order valence-corrected chi connectivity index (χ2v) is 2.60. The van der Waals surface area contributed by atoms with E-state index in [2.05, 4.69) is 12.2 Å². The molecule has 3 heteroatoms. The second-order valence-electron chi connectivity index (χ2n) is 2.60. The molecular weight excluding hydrogens is 116 g/mol. The highest BCUT2D eigenvalue weighted by Gasteiger charge is 2.23. The number of hydrogen-bond donors (Lipinski definition) is 2. The molecule has 1 fully saturated rings. The lowest BCUT2D eigenvalue weighted by atomic mass is 10.2. The molecule has 9 heavy (non-hydrogen) atoms. The molecule has 52 valence electrons. The van der Waals surface area contributed by atoms with Crippen LogP contribution in [-0.4, -0.2) is 18.0 Å². The first kappa shape index (κ1) is 6.55. The smallest absolute Gasteiger partial charge is 0.234 e. The molecule has 1 aliphatic heterocycles. The van der Waals surface area contributed by atoms with Crippen LogP contribution >= 0.6 is 0 Å². The lowest BCUT2D eigenvalue weighted by Crippen LogP contribution is -2.38. The number of nitrogens with two attached hydrogens (primary N) is 1. The van der Waals surface area contributed by atoms with Gasteiger partial charge in [0.1, 0.15) is 0 Å². The highest BCUT2D eigenvalue weighted by Crippen LogP contribution is 2.10. The van der Waals surface area contributed by atoms with Crippen LogP contribution in [0.1, 0.15) is 19.8 Å². The molecule has 0 spiro atoms. The number of carbonyl (C=O) groups is 1. The quantitative estimate of drug-likeness (QED) is 0.505. The predicted octanol–water partition coefficient (Wildman–Crippen LogP) is -0.388. The van der Waals surface area contributed by atoms with Crippen molar-refractivity contribution in [2.75, 3.05) is 0 Å². The summed E-state index contributed by atoms with van der Waals surface area (Å²) in [5.74, 6) is -0.223. The van der Waals surface area contributed by atoms with Crippen molar-refractivity contribution in [3.8, 4) is 0 Å². The van der Waals surface area contributed by atoms with Crippen molar-refractivity contribution < 1.29 is 4.79 Å². The van der Waals surface area contributed by atoms with Crippen LogP contribution in [0.25, 0.3) is 0 Å². The summed E-state index contributed by atoms with van der Waals surface area (Å²) >= 11 is 0. The molecule has 1 aliphatic rings. The Morgan fingerprint density at radius 1 is 1.67 bits per heavy atom. The van der Waals surface area contributed by atoms with Crippen molar-refractivity contribution in [1.29, 1.82) is 0 Å². The zero-order valence-electron chi connectivity index (χ0n) is 5.55. The molecule has 0 aliphatic carbocycles. The third kappa shape index (κ3) is 1.42. The highest BCUT2D eigenvalue weighted by atomic mass is 16.1. The lowest BCUT2D eigenvalue weighted by molar-refractivity contribution is -0.119. The summed E-state index contributed by atoms with van der Waals surface area (Å²) in [6.07, 6.45) is 1.96. The van der Waals surface area contributed by atoms with Crippen LogP contribution < -0.4 is 11.1 Å². The number of hydrogen-bond acceptors (Lipinski definition) is 2. The van der Waals surface area contributed by atoms with E-state index in [1.807, 2.05) is 0 Å². The van der Waals surface area contributed by atoms with E-state index in [1.54, 1.807) is 0 Å². The third-order valence-corrected chi connectivity index (χ3v) is 1.72. The molecule has 2 atom stereocenters. The van der Waals surface area contributed by atoms with Gasteiger partial charge >= 0.3 is 0 Å². The van der Waals surface area contributed by atoms with Crippen LogP contribution in [0.5, 0.6) is 0 Å². The van der Waals surface area contributed by atoms with E-state index in [1.165, 1.54) is 0 Å². The van der Waals surface area contributed by atoms with Crippen molar-refractivity contribution in [2.24, 2.45) is 5.73 Å². The average Bonchev–Trinajstić information content (AvgIpc) is 2.14. The summed E-state index contributed by atoms with van der Waals surface area (Å²) < 4.78 is 0. The van der Waals surface area contributed by atoms with Crippen LogP contribution in [0.3, 0.4) is 0 Å². The maximum absolute atomic E-state index is 10.5. The Kier molecular flexibility index (Phi) is 1.71. The molecular formula is C6H12N2O. The van der Waals surface area contributed by atoms with Gasteiger partial charge in [-0.2, -0.15) is 0 Å². The van der Waals surface area contributed by atoms with Gasteiger partial charge in [0.25, 0.3) is 0 Å². The zero-order chi connectivity index (χ0) is 6.85. The SMILES string of the molecule is CC1CCC(C(N)=O)N1. The monoisotopic (exact) mass is 128 g/mol. The summed E-state index contributed by atoms with van der Waals surface area (Å²) in [4.78, 5) is 10.5. The normalized spacial score (nSPS) is 34.8. The Labute approximate surface area is 54.6 Å². The Balaban J connectivity index is 2.39. The van der Waals surface area contributed by atoms with Gasteiger partial charge in [0.2, 0.25) is 5.91 Å². The van der Waals surface area contributed by atoms with Crippen molar-refractivity contribution in [3.05, 3.63) is 0 Å². The number of rotatable bonds is 1. The summed E-state index contributed by atoms with van der Waals surface area (Å²) in [5, 5.41) is 3.08. The van der Waals surface area contributed by atoms with Gasteiger partial charge < -0.3 is 11.1 Å². The topological polar surface area (TPSA) is 55.1 Å². The molecule has 0 aromatic rings. The molecule has 1 heterocycles. The first-order valence-electron chi connectivity index (χ1n) is 3.25. The van der Waals surface area contributed by atoms with E-state index in [0.717, 1.165) is 12.8 Å². The molecule has 0 radical (unpaired) electrons. The molecule has 3 N–H and O–H groups in total. The number of amides is 1. The Bertz CT molecular complexity index is 124. The summed E-state index contributed by atoms with van der Waals surface area (Å²) in [6.45, 7) is 2.06. The van der Waals surface area contributed by atoms with Crippen LogP contribution in [0.4, 0.5) is 0 Å². The van der Waals surface area contributed by atoms with Crippen molar-refractivity contribution in [3.63, 3.8) is 0 Å². The Morgan fingerprint density at radius 3 is 2.56 bits per heavy atom. The van der Waals surface area contributed by atoms with Gasteiger partial charge in [0.15, 0.2) is 0 Å². The van der Waals surface area contributed by atoms with Crippen molar-refractivity contribution >= 4 is 5.91 Å². The van der Waals surface area contributed by atoms with Crippen LogP contribution in [0.2, 0.25) is 0 Å². The van der Waals surface area contributed by atoms with Gasteiger partial charge in [-0.3, -0.25) is 4.79 Å². The van der Waals surface area contributed by atoms with E-state index in [4.69, 9.17) is 5.73 Å². The van der Waals surface area contributed by atoms with E-state index in [0.29, 0.717) is 6.04 Å². The molecule has 2 unspecified atom stereocenters. The van der Waals surface area contributed by atoms with E-state index in [9.17, 15) is 4.79 Å². The van der Waals surface area contributed by atoms with Gasteiger partial charge in [0.05, 0.1) is 6.04 Å². The Morgan fingerprint density at radius 2 is 2.33 bits per heavy atom. The predicted molar refractivity (Wildman–Crippen MR) is 34.8 cm³/mol. The molecule has 0 bridgehead atoms. The van der Waals surface area contributed by atoms with Crippen LogP contribution in [0, 0.1) is 0 Å². The van der Waals surface area contributed by atoms with Gasteiger partial charge in [-0.15, -0.1) is 0 Å². The first-order chi connectivity index (χ1) is 4.20. The highest BCUT2D eigenvalue weighted by molar-refractivity contribution is 5.80. The largest absolute Gasteiger partial charge is 0.368 e. The summed E-state index contributed by atoms with van der Waals surface area (Å²) in [6, 6.07) is 0.391. The maximum atomic E-state index is 10.5. The summed E-state index contributed by atoms with van der Waals surface area (Å²) in [7, 11) is 0. The third-order valence-electron chi connectivity index (χ3n) is 1.72. The number of carbonyl (C=O) groups excluding carboxylic acids is 1. The van der Waals surface area contributed by atoms with Crippen LogP contribution in [-0.2, 0) is 4.79 Å². The maximum Gasteiger partial charge on any atom is 0.234 e. The molecule has 1 amide bonds.